The smallest absolute Gasteiger partial charge is 0.404 e. The zero-order valence-corrected chi connectivity index (χ0v) is 15.7. The van der Waals surface area contributed by atoms with Crippen molar-refractivity contribution in [3.05, 3.63) is 16.8 Å². The summed E-state index contributed by atoms with van der Waals surface area (Å²) in [6.45, 7) is 0. The fourth-order valence-corrected chi connectivity index (χ4v) is 5.61. The van der Waals surface area contributed by atoms with Crippen molar-refractivity contribution in [1.82, 2.24) is 15.3 Å². The van der Waals surface area contributed by atoms with Crippen LogP contribution in [0.2, 0.25) is 0 Å². The molecule has 4 rings (SSSR count). The van der Waals surface area contributed by atoms with Crippen LogP contribution in [0.1, 0.15) is 54.9 Å². The van der Waals surface area contributed by atoms with Gasteiger partial charge < -0.3 is 21.5 Å². The summed E-state index contributed by atoms with van der Waals surface area (Å²) in [7, 11) is 0. The molecule has 0 spiro atoms. The zero-order chi connectivity index (χ0) is 19.0. The van der Waals surface area contributed by atoms with Crippen LogP contribution in [0, 0.1) is 0 Å². The topological polar surface area (TPSA) is 130 Å². The second-order valence-electron chi connectivity index (χ2n) is 7.39. The predicted octanol–water partition coefficient (Wildman–Crippen LogP) is 2.59. The van der Waals surface area contributed by atoms with Crippen LogP contribution >= 0.6 is 11.3 Å². The van der Waals surface area contributed by atoms with E-state index < -0.39 is 6.09 Å². The minimum Gasteiger partial charge on any atom is -0.465 e. The highest BCUT2D eigenvalue weighted by molar-refractivity contribution is 7.19. The maximum absolute atomic E-state index is 11.5. The van der Waals surface area contributed by atoms with Crippen molar-refractivity contribution in [1.29, 1.82) is 0 Å². The Bertz CT molecular complexity index is 875. The van der Waals surface area contributed by atoms with Gasteiger partial charge in [-0.1, -0.05) is 0 Å². The summed E-state index contributed by atoms with van der Waals surface area (Å²) in [5.41, 5.74) is 6.64. The first kappa shape index (κ1) is 18.0. The molecular weight excluding hydrogens is 366 g/mol. The molecule has 0 bridgehead atoms. The molecule has 0 radical (unpaired) electrons. The molecule has 8 nitrogen and oxygen atoms in total. The summed E-state index contributed by atoms with van der Waals surface area (Å²) in [4.78, 5) is 33.4. The van der Waals surface area contributed by atoms with E-state index in [1.165, 1.54) is 10.4 Å². The number of aryl methyl sites for hydroxylation is 1. The number of nitrogens with one attached hydrogen (secondary N) is 2. The summed E-state index contributed by atoms with van der Waals surface area (Å²) in [5.74, 6) is 0.694. The molecule has 2 aliphatic carbocycles. The summed E-state index contributed by atoms with van der Waals surface area (Å²) in [6.07, 6.45) is 6.27. The van der Waals surface area contributed by atoms with E-state index in [2.05, 4.69) is 20.6 Å². The maximum Gasteiger partial charge on any atom is 0.404 e. The van der Waals surface area contributed by atoms with Gasteiger partial charge in [0.2, 0.25) is 5.91 Å². The van der Waals surface area contributed by atoms with Crippen molar-refractivity contribution in [3.63, 3.8) is 0 Å². The highest BCUT2D eigenvalue weighted by Crippen LogP contribution is 2.46. The first-order valence-electron chi connectivity index (χ1n) is 9.32. The molecule has 0 aromatic carbocycles. The average molecular weight is 389 g/mol. The largest absolute Gasteiger partial charge is 0.465 e. The lowest BCUT2D eigenvalue weighted by atomic mass is 9.91. The SMILES string of the molecule is NC(=O)C[C@H]1CCc2sc3ncnc(NC4CCC(NC(=O)O)CC4)c3c21. The lowest BCUT2D eigenvalue weighted by Crippen LogP contribution is -2.39. The second-order valence-corrected chi connectivity index (χ2v) is 8.47. The Balaban J connectivity index is 1.55. The number of rotatable bonds is 5. The normalized spacial score (nSPS) is 24.5. The standard InChI is InChI=1S/C18H23N5O3S/c19-13(24)7-9-1-6-12-14(9)15-16(20-8-21-17(15)27-12)22-10-2-4-11(5-3-10)23-18(25)26/h8-11,23H,1-7H2,(H2,19,24)(H,25,26)(H,20,21,22)/t9-,10?,11?/m1/s1. The van der Waals surface area contributed by atoms with E-state index in [-0.39, 0.29) is 23.9 Å². The van der Waals surface area contributed by atoms with E-state index >= 15 is 0 Å². The predicted molar refractivity (Wildman–Crippen MR) is 103 cm³/mol. The molecule has 5 N–H and O–H groups in total. The van der Waals surface area contributed by atoms with Crippen molar-refractivity contribution < 1.29 is 14.7 Å². The van der Waals surface area contributed by atoms with Crippen molar-refractivity contribution in [3.8, 4) is 0 Å². The van der Waals surface area contributed by atoms with Crippen LogP contribution in [0.3, 0.4) is 0 Å². The Labute approximate surface area is 160 Å². The molecule has 9 heteroatoms. The number of carbonyl (C=O) groups excluding carboxylic acids is 1. The summed E-state index contributed by atoms with van der Waals surface area (Å²) in [6, 6.07) is 0.276. The van der Waals surface area contributed by atoms with Gasteiger partial charge in [0.1, 0.15) is 17.0 Å². The first-order valence-corrected chi connectivity index (χ1v) is 10.1. The van der Waals surface area contributed by atoms with Gasteiger partial charge in [0.15, 0.2) is 0 Å². The van der Waals surface area contributed by atoms with Crippen LogP contribution in [0.15, 0.2) is 6.33 Å². The van der Waals surface area contributed by atoms with Crippen LogP contribution in [-0.2, 0) is 11.2 Å². The molecule has 0 aliphatic heterocycles. The van der Waals surface area contributed by atoms with Crippen molar-refractivity contribution >= 4 is 39.4 Å². The number of thiophene rings is 1. The van der Waals surface area contributed by atoms with Crippen LogP contribution in [0.4, 0.5) is 10.6 Å². The molecule has 144 valence electrons. The number of hydrogen-bond donors (Lipinski definition) is 4. The number of nitrogens with zero attached hydrogens (tertiary/aromatic N) is 2. The van der Waals surface area contributed by atoms with E-state index in [0.717, 1.165) is 54.6 Å². The molecule has 2 heterocycles. The monoisotopic (exact) mass is 389 g/mol. The van der Waals surface area contributed by atoms with E-state index in [1.54, 1.807) is 17.7 Å². The minimum absolute atomic E-state index is 0.0244. The molecule has 2 aromatic rings. The van der Waals surface area contributed by atoms with Gasteiger partial charge in [-0.05, 0) is 50.0 Å². The van der Waals surface area contributed by atoms with Gasteiger partial charge in [0.25, 0.3) is 0 Å². The molecule has 2 aliphatic rings. The molecule has 2 aromatic heterocycles. The van der Waals surface area contributed by atoms with E-state index in [4.69, 9.17) is 10.8 Å². The van der Waals surface area contributed by atoms with Gasteiger partial charge in [0.05, 0.1) is 5.39 Å². The lowest BCUT2D eigenvalue weighted by Gasteiger charge is -2.29. The molecule has 1 fully saturated rings. The van der Waals surface area contributed by atoms with Gasteiger partial charge >= 0.3 is 6.09 Å². The van der Waals surface area contributed by atoms with Gasteiger partial charge in [-0.3, -0.25) is 4.79 Å². The number of hydrogen-bond acceptors (Lipinski definition) is 6. The zero-order valence-electron chi connectivity index (χ0n) is 14.9. The molecule has 0 unspecified atom stereocenters. The number of amides is 2. The number of carbonyl (C=O) groups is 2. The van der Waals surface area contributed by atoms with Gasteiger partial charge in [-0.25, -0.2) is 14.8 Å². The number of fused-ring (bicyclic) bond motifs is 3. The summed E-state index contributed by atoms with van der Waals surface area (Å²) < 4.78 is 0. The van der Waals surface area contributed by atoms with Crippen LogP contribution < -0.4 is 16.4 Å². The Morgan fingerprint density at radius 1 is 1.19 bits per heavy atom. The fourth-order valence-electron chi connectivity index (χ4n) is 4.37. The van der Waals surface area contributed by atoms with Crippen molar-refractivity contribution in [2.75, 3.05) is 5.32 Å². The Kier molecular flexibility index (Phi) is 4.86. The number of primary amides is 1. The number of anilines is 1. The highest BCUT2D eigenvalue weighted by Gasteiger charge is 2.31. The average Bonchev–Trinajstić information content (AvgIpc) is 3.16. The molecule has 1 atom stereocenters. The third-order valence-electron chi connectivity index (χ3n) is 5.57. The minimum atomic E-state index is -0.960. The Morgan fingerprint density at radius 2 is 1.93 bits per heavy atom. The summed E-state index contributed by atoms with van der Waals surface area (Å²) in [5, 5.41) is 16.0. The number of nitrogens with two attached hydrogens (primary N) is 1. The van der Waals surface area contributed by atoms with Crippen molar-refractivity contribution in [2.24, 2.45) is 5.73 Å². The van der Waals surface area contributed by atoms with E-state index in [0.29, 0.717) is 6.42 Å². The molecule has 2 amide bonds. The first-order chi connectivity index (χ1) is 13.0. The van der Waals surface area contributed by atoms with E-state index in [1.807, 2.05) is 0 Å². The van der Waals surface area contributed by atoms with E-state index in [9.17, 15) is 9.59 Å². The second kappa shape index (κ2) is 7.30. The Hall–Kier alpha value is -2.42. The molecule has 27 heavy (non-hydrogen) atoms. The third-order valence-corrected chi connectivity index (χ3v) is 6.75. The Morgan fingerprint density at radius 3 is 2.63 bits per heavy atom. The third kappa shape index (κ3) is 3.69. The van der Waals surface area contributed by atoms with Crippen LogP contribution in [0.5, 0.6) is 0 Å². The van der Waals surface area contributed by atoms with Gasteiger partial charge in [0, 0.05) is 23.4 Å². The van der Waals surface area contributed by atoms with Gasteiger partial charge in [-0.15, -0.1) is 11.3 Å². The number of aromatic nitrogens is 2. The fraction of sp³-hybridized carbons (Fsp3) is 0.556. The van der Waals surface area contributed by atoms with Crippen molar-refractivity contribution in [2.45, 2.75) is 62.9 Å². The molecular formula is C18H23N5O3S. The van der Waals surface area contributed by atoms with Crippen LogP contribution in [-0.4, -0.2) is 39.2 Å². The summed E-state index contributed by atoms with van der Waals surface area (Å²) >= 11 is 1.68. The molecule has 1 saturated carbocycles. The highest BCUT2D eigenvalue weighted by atomic mass is 32.1. The van der Waals surface area contributed by atoms with Gasteiger partial charge in [-0.2, -0.15) is 0 Å². The maximum atomic E-state index is 11.5. The molecule has 0 saturated heterocycles. The number of carboxylic acid groups (broad SMARTS) is 1. The van der Waals surface area contributed by atoms with Crippen LogP contribution in [0.25, 0.3) is 10.2 Å². The lowest BCUT2D eigenvalue weighted by molar-refractivity contribution is -0.118. The quantitative estimate of drug-likeness (QED) is 0.622.